The SMILES string of the molecule is COc1ccc2c(c1)CC(=C(F)B1OC(C)(C)C(C)(C)O1)CO2. The lowest BCUT2D eigenvalue weighted by Gasteiger charge is -2.32. The van der Waals surface area contributed by atoms with Crippen molar-refractivity contribution in [2.24, 2.45) is 0 Å². The van der Waals surface area contributed by atoms with Crippen molar-refractivity contribution in [3.05, 3.63) is 35.1 Å². The molecule has 0 saturated carbocycles. The molecule has 0 unspecified atom stereocenters. The first kappa shape index (κ1) is 16.3. The van der Waals surface area contributed by atoms with Gasteiger partial charge in [-0.1, -0.05) is 0 Å². The molecule has 1 aromatic rings. The van der Waals surface area contributed by atoms with E-state index in [0.29, 0.717) is 12.0 Å². The third kappa shape index (κ3) is 2.86. The zero-order chi connectivity index (χ0) is 16.8. The molecule has 1 saturated heterocycles. The van der Waals surface area contributed by atoms with Crippen LogP contribution in [0.25, 0.3) is 0 Å². The van der Waals surface area contributed by atoms with Crippen LogP contribution in [0.2, 0.25) is 0 Å². The van der Waals surface area contributed by atoms with E-state index in [1.807, 2.05) is 45.9 Å². The number of hydrogen-bond donors (Lipinski definition) is 0. The Balaban J connectivity index is 1.85. The summed E-state index contributed by atoms with van der Waals surface area (Å²) < 4.78 is 37.3. The molecule has 23 heavy (non-hydrogen) atoms. The van der Waals surface area contributed by atoms with Gasteiger partial charge in [0, 0.05) is 12.0 Å². The molecule has 0 radical (unpaired) electrons. The monoisotopic (exact) mass is 320 g/mol. The molecule has 0 atom stereocenters. The maximum atomic E-state index is 14.9. The Morgan fingerprint density at radius 2 is 1.83 bits per heavy atom. The van der Waals surface area contributed by atoms with Crippen LogP contribution < -0.4 is 9.47 Å². The number of hydrogen-bond acceptors (Lipinski definition) is 4. The van der Waals surface area contributed by atoms with E-state index in [0.717, 1.165) is 17.1 Å². The van der Waals surface area contributed by atoms with E-state index in [9.17, 15) is 4.39 Å². The maximum Gasteiger partial charge on any atom is 0.525 e. The molecule has 0 N–H and O–H groups in total. The molecular formula is C17H22BFO4. The minimum atomic E-state index is -0.981. The molecule has 2 aliphatic rings. The van der Waals surface area contributed by atoms with Crippen molar-refractivity contribution in [3.8, 4) is 11.5 Å². The highest BCUT2D eigenvalue weighted by Crippen LogP contribution is 2.40. The number of methoxy groups -OCH3 is 1. The highest BCUT2D eigenvalue weighted by molar-refractivity contribution is 6.53. The van der Waals surface area contributed by atoms with Crippen molar-refractivity contribution < 1.29 is 23.2 Å². The van der Waals surface area contributed by atoms with Gasteiger partial charge >= 0.3 is 7.12 Å². The first-order chi connectivity index (χ1) is 10.7. The van der Waals surface area contributed by atoms with E-state index in [1.165, 1.54) is 0 Å². The van der Waals surface area contributed by atoms with E-state index in [1.54, 1.807) is 7.11 Å². The summed E-state index contributed by atoms with van der Waals surface area (Å²) in [4.78, 5) is 0. The Labute approximate surface area is 136 Å². The van der Waals surface area contributed by atoms with Crippen molar-refractivity contribution in [2.75, 3.05) is 13.7 Å². The summed E-state index contributed by atoms with van der Waals surface area (Å²) in [6.07, 6.45) is 0.461. The Hall–Kier alpha value is -1.53. The molecule has 0 aromatic heterocycles. The summed E-state index contributed by atoms with van der Waals surface area (Å²) in [5.41, 5.74) is -0.0723. The quantitative estimate of drug-likeness (QED) is 0.782. The lowest BCUT2D eigenvalue weighted by atomic mass is 9.82. The molecule has 0 amide bonds. The van der Waals surface area contributed by atoms with Crippen LogP contribution in [0, 0.1) is 0 Å². The van der Waals surface area contributed by atoms with Crippen molar-refractivity contribution in [2.45, 2.75) is 45.3 Å². The van der Waals surface area contributed by atoms with Gasteiger partial charge in [-0.2, -0.15) is 0 Å². The summed E-state index contributed by atoms with van der Waals surface area (Å²) in [6, 6.07) is 5.54. The van der Waals surface area contributed by atoms with Crippen LogP contribution in [0.4, 0.5) is 4.39 Å². The third-order valence-electron chi connectivity index (χ3n) is 4.87. The van der Waals surface area contributed by atoms with Crippen LogP contribution in [-0.2, 0) is 15.7 Å². The van der Waals surface area contributed by atoms with E-state index in [2.05, 4.69) is 0 Å². The van der Waals surface area contributed by atoms with Crippen molar-refractivity contribution in [3.63, 3.8) is 0 Å². The number of halogens is 1. The van der Waals surface area contributed by atoms with Gasteiger partial charge in [-0.25, -0.2) is 4.39 Å². The van der Waals surface area contributed by atoms with E-state index < -0.39 is 24.0 Å². The van der Waals surface area contributed by atoms with Crippen LogP contribution in [0.1, 0.15) is 33.3 Å². The molecule has 2 aliphatic heterocycles. The highest BCUT2D eigenvalue weighted by atomic mass is 19.1. The van der Waals surface area contributed by atoms with Gasteiger partial charge in [-0.15, -0.1) is 0 Å². The molecule has 4 nitrogen and oxygen atoms in total. The van der Waals surface area contributed by atoms with Gasteiger partial charge in [0.15, 0.2) is 0 Å². The van der Waals surface area contributed by atoms with Crippen LogP contribution in [0.5, 0.6) is 11.5 Å². The molecular weight excluding hydrogens is 298 g/mol. The minimum absolute atomic E-state index is 0.204. The lowest BCUT2D eigenvalue weighted by Crippen LogP contribution is -2.41. The minimum Gasteiger partial charge on any atom is -0.497 e. The van der Waals surface area contributed by atoms with E-state index in [4.69, 9.17) is 18.8 Å². The van der Waals surface area contributed by atoms with Gasteiger partial charge in [0.25, 0.3) is 0 Å². The zero-order valence-electron chi connectivity index (χ0n) is 14.2. The van der Waals surface area contributed by atoms with Crippen LogP contribution in [0.15, 0.2) is 29.5 Å². The van der Waals surface area contributed by atoms with Gasteiger partial charge in [0.05, 0.1) is 18.3 Å². The number of benzene rings is 1. The average molecular weight is 320 g/mol. The Morgan fingerprint density at radius 3 is 2.43 bits per heavy atom. The number of rotatable bonds is 2. The summed E-state index contributed by atoms with van der Waals surface area (Å²) in [5.74, 6) is 1.49. The molecule has 6 heteroatoms. The molecule has 3 rings (SSSR count). The van der Waals surface area contributed by atoms with E-state index in [-0.39, 0.29) is 6.61 Å². The molecule has 0 bridgehead atoms. The Morgan fingerprint density at radius 1 is 1.17 bits per heavy atom. The summed E-state index contributed by atoms with van der Waals surface area (Å²) in [5, 5.41) is 0. The Bertz CT molecular complexity index is 638. The van der Waals surface area contributed by atoms with Crippen molar-refractivity contribution in [1.29, 1.82) is 0 Å². The predicted molar refractivity (Wildman–Crippen MR) is 86.4 cm³/mol. The summed E-state index contributed by atoms with van der Waals surface area (Å²) in [7, 11) is 0.624. The highest BCUT2D eigenvalue weighted by Gasteiger charge is 2.53. The smallest absolute Gasteiger partial charge is 0.497 e. The lowest BCUT2D eigenvalue weighted by molar-refractivity contribution is 0.00578. The second kappa shape index (κ2) is 5.53. The molecule has 0 spiro atoms. The zero-order valence-corrected chi connectivity index (χ0v) is 14.2. The summed E-state index contributed by atoms with van der Waals surface area (Å²) in [6.45, 7) is 7.82. The largest absolute Gasteiger partial charge is 0.525 e. The van der Waals surface area contributed by atoms with Crippen LogP contribution in [-0.4, -0.2) is 32.0 Å². The van der Waals surface area contributed by atoms with Crippen molar-refractivity contribution >= 4 is 7.12 Å². The van der Waals surface area contributed by atoms with Crippen LogP contribution in [0.3, 0.4) is 0 Å². The number of fused-ring (bicyclic) bond motifs is 1. The first-order valence-corrected chi connectivity index (χ1v) is 7.76. The molecule has 1 aromatic carbocycles. The van der Waals surface area contributed by atoms with Gasteiger partial charge < -0.3 is 18.8 Å². The molecule has 124 valence electrons. The second-order valence-corrected chi connectivity index (χ2v) is 6.98. The average Bonchev–Trinajstić information content (AvgIpc) is 2.73. The van der Waals surface area contributed by atoms with Gasteiger partial charge in [0.2, 0.25) is 0 Å². The molecule has 2 heterocycles. The molecule has 0 aliphatic carbocycles. The maximum absolute atomic E-state index is 14.9. The standard InChI is InChI=1S/C17H22BFO4/c1-16(2)17(3,4)23-18(22-16)15(19)12-8-11-9-13(20-5)6-7-14(11)21-10-12/h6-7,9H,8,10H2,1-5H3. The van der Waals surface area contributed by atoms with Crippen LogP contribution >= 0.6 is 0 Å². The topological polar surface area (TPSA) is 36.9 Å². The summed E-state index contributed by atoms with van der Waals surface area (Å²) >= 11 is 0. The number of ether oxygens (including phenoxy) is 2. The van der Waals surface area contributed by atoms with E-state index >= 15 is 0 Å². The fourth-order valence-electron chi connectivity index (χ4n) is 2.67. The van der Waals surface area contributed by atoms with Gasteiger partial charge in [-0.3, -0.25) is 0 Å². The fraction of sp³-hybridized carbons (Fsp3) is 0.529. The first-order valence-electron chi connectivity index (χ1n) is 7.76. The fourth-order valence-corrected chi connectivity index (χ4v) is 2.67. The van der Waals surface area contributed by atoms with Crippen molar-refractivity contribution in [1.82, 2.24) is 0 Å². The van der Waals surface area contributed by atoms with Gasteiger partial charge in [-0.05, 0) is 51.5 Å². The van der Waals surface area contributed by atoms with Gasteiger partial charge in [0.1, 0.15) is 23.8 Å². The normalized spacial score (nSPS) is 24.0. The third-order valence-corrected chi connectivity index (χ3v) is 4.87. The molecule has 1 fully saturated rings. The predicted octanol–water partition coefficient (Wildman–Crippen LogP) is 3.49. The second-order valence-electron chi connectivity index (χ2n) is 6.98. The Kier molecular flexibility index (Phi) is 3.93.